The Kier molecular flexibility index (Phi) is 3.16. The lowest BCUT2D eigenvalue weighted by Crippen LogP contribution is -2.41. The average Bonchev–Trinajstić information content (AvgIpc) is 2.91. The van der Waals surface area contributed by atoms with Gasteiger partial charge in [0.1, 0.15) is 4.75 Å². The van der Waals surface area contributed by atoms with Crippen molar-refractivity contribution in [2.24, 2.45) is 22.7 Å². The Hall–Kier alpha value is -0.650. The van der Waals surface area contributed by atoms with Gasteiger partial charge in [-0.15, -0.1) is 0 Å². The Morgan fingerprint density at radius 2 is 2.10 bits per heavy atom. The van der Waals surface area contributed by atoms with E-state index in [1.165, 1.54) is 11.8 Å². The molecule has 2 fully saturated rings. The first kappa shape index (κ1) is 14.3. The van der Waals surface area contributed by atoms with Crippen LogP contribution in [-0.2, 0) is 4.79 Å². The van der Waals surface area contributed by atoms with Gasteiger partial charge in [-0.2, -0.15) is 4.99 Å². The number of nitrogens with zero attached hydrogens (tertiary/aromatic N) is 1. The van der Waals surface area contributed by atoms with E-state index >= 15 is 0 Å². The number of alkyl halides is 2. The van der Waals surface area contributed by atoms with Crippen LogP contribution in [0.2, 0.25) is 0 Å². The molecule has 2 bridgehead atoms. The first-order valence-corrected chi connectivity index (χ1v) is 8.00. The Morgan fingerprint density at radius 3 is 2.55 bits per heavy atom. The molecule has 0 aromatic carbocycles. The first-order chi connectivity index (χ1) is 9.22. The van der Waals surface area contributed by atoms with Crippen LogP contribution >= 0.6 is 11.8 Å². The molecule has 4 atom stereocenters. The fourth-order valence-corrected chi connectivity index (χ4v) is 4.55. The lowest BCUT2D eigenvalue weighted by Gasteiger charge is -2.29. The van der Waals surface area contributed by atoms with Gasteiger partial charge in [0.05, 0.1) is 0 Å². The molecule has 0 aromatic heterocycles. The number of hydrogen-bond donors (Lipinski definition) is 1. The summed E-state index contributed by atoms with van der Waals surface area (Å²) in [7, 11) is 0. The third-order valence-electron chi connectivity index (χ3n) is 5.17. The van der Waals surface area contributed by atoms with Gasteiger partial charge in [0.25, 0.3) is 11.8 Å². The van der Waals surface area contributed by atoms with Crippen LogP contribution in [0.25, 0.3) is 0 Å². The zero-order valence-corrected chi connectivity index (χ0v) is 12.8. The summed E-state index contributed by atoms with van der Waals surface area (Å²) < 4.78 is 26.5. The van der Waals surface area contributed by atoms with Gasteiger partial charge in [0.15, 0.2) is 5.17 Å². The van der Waals surface area contributed by atoms with E-state index in [2.05, 4.69) is 10.3 Å². The maximum absolute atomic E-state index is 13.5. The van der Waals surface area contributed by atoms with Crippen LogP contribution < -0.4 is 5.32 Å². The molecule has 20 heavy (non-hydrogen) atoms. The smallest absolute Gasteiger partial charge is 0.264 e. The van der Waals surface area contributed by atoms with Crippen molar-refractivity contribution in [1.82, 2.24) is 5.32 Å². The SMILES string of the molecule is CC(C)[C@]1(C)SC(N[C@H]2C[C@H]3C[C@@H]2CC3(F)F)=NC1=O. The fraction of sp³-hybridized carbons (Fsp3) is 0.857. The van der Waals surface area contributed by atoms with Gasteiger partial charge in [0, 0.05) is 18.4 Å². The fourth-order valence-electron chi connectivity index (χ4n) is 3.44. The molecule has 1 N–H and O–H groups in total. The number of carbonyl (C=O) groups is 1. The van der Waals surface area contributed by atoms with Gasteiger partial charge < -0.3 is 5.32 Å². The second-order valence-electron chi connectivity index (χ2n) is 6.73. The van der Waals surface area contributed by atoms with E-state index in [9.17, 15) is 13.6 Å². The molecular formula is C14H20F2N2OS. The second kappa shape index (κ2) is 4.42. The number of thioether (sulfide) groups is 1. The number of halogens is 2. The largest absolute Gasteiger partial charge is 0.361 e. The summed E-state index contributed by atoms with van der Waals surface area (Å²) in [6.45, 7) is 5.90. The molecule has 3 nitrogen and oxygen atoms in total. The number of amidine groups is 1. The molecule has 0 spiro atoms. The highest BCUT2D eigenvalue weighted by atomic mass is 32.2. The molecule has 112 valence electrons. The molecule has 3 rings (SSSR count). The maximum atomic E-state index is 13.5. The van der Waals surface area contributed by atoms with Gasteiger partial charge >= 0.3 is 0 Å². The Balaban J connectivity index is 1.65. The Bertz CT molecular complexity index is 480. The van der Waals surface area contributed by atoms with Crippen LogP contribution in [0.5, 0.6) is 0 Å². The van der Waals surface area contributed by atoms with Crippen molar-refractivity contribution in [3.05, 3.63) is 0 Å². The standard InChI is InChI=1S/C14H20F2N2OS/c1-7(2)13(3)11(19)18-12(20-13)17-10-5-9-4-8(10)6-14(9,15)16/h7-10H,4-6H2,1-3H3,(H,17,18,19)/t8-,9-,10+,13+/m1/s1. The minimum absolute atomic E-state index is 0.0132. The minimum atomic E-state index is -2.49. The third kappa shape index (κ3) is 2.07. The maximum Gasteiger partial charge on any atom is 0.264 e. The first-order valence-electron chi connectivity index (χ1n) is 7.19. The second-order valence-corrected chi connectivity index (χ2v) is 8.17. The van der Waals surface area contributed by atoms with Crippen molar-refractivity contribution in [3.63, 3.8) is 0 Å². The number of amides is 1. The zero-order chi connectivity index (χ0) is 14.7. The Morgan fingerprint density at radius 1 is 1.40 bits per heavy atom. The van der Waals surface area contributed by atoms with E-state index in [0.717, 1.165) is 0 Å². The van der Waals surface area contributed by atoms with Crippen molar-refractivity contribution >= 4 is 22.8 Å². The van der Waals surface area contributed by atoms with E-state index in [1.807, 2.05) is 20.8 Å². The number of hydrogen-bond acceptors (Lipinski definition) is 3. The summed E-state index contributed by atoms with van der Waals surface area (Å²) in [5.74, 6) is -2.90. The topological polar surface area (TPSA) is 41.5 Å². The summed E-state index contributed by atoms with van der Waals surface area (Å²) in [5.41, 5.74) is 0. The number of aliphatic imine (C=N–C) groups is 1. The predicted molar refractivity (Wildman–Crippen MR) is 76.0 cm³/mol. The molecule has 1 heterocycles. The van der Waals surface area contributed by atoms with Crippen molar-refractivity contribution in [2.45, 2.75) is 56.7 Å². The molecule has 1 aliphatic heterocycles. The van der Waals surface area contributed by atoms with Gasteiger partial charge in [-0.3, -0.25) is 4.79 Å². The van der Waals surface area contributed by atoms with E-state index < -0.39 is 16.6 Å². The van der Waals surface area contributed by atoms with E-state index in [-0.39, 0.29) is 30.2 Å². The number of carbonyl (C=O) groups excluding carboxylic acids is 1. The predicted octanol–water partition coefficient (Wildman–Crippen LogP) is 3.05. The monoisotopic (exact) mass is 302 g/mol. The summed E-state index contributed by atoms with van der Waals surface area (Å²) in [5, 5.41) is 3.86. The van der Waals surface area contributed by atoms with Crippen molar-refractivity contribution < 1.29 is 13.6 Å². The molecule has 0 saturated heterocycles. The molecule has 2 aliphatic carbocycles. The summed E-state index contributed by atoms with van der Waals surface area (Å²) >= 11 is 1.45. The van der Waals surface area contributed by atoms with Gasteiger partial charge in [-0.05, 0) is 31.6 Å². The number of fused-ring (bicyclic) bond motifs is 2. The summed E-state index contributed by atoms with van der Waals surface area (Å²) in [4.78, 5) is 16.1. The van der Waals surface area contributed by atoms with Gasteiger partial charge in [-0.1, -0.05) is 25.6 Å². The number of nitrogens with one attached hydrogen (secondary N) is 1. The molecular weight excluding hydrogens is 282 g/mol. The van der Waals surface area contributed by atoms with Gasteiger partial charge in [-0.25, -0.2) is 8.78 Å². The van der Waals surface area contributed by atoms with Crippen LogP contribution in [-0.4, -0.2) is 27.8 Å². The normalized spacial score (nSPS) is 42.4. The highest BCUT2D eigenvalue weighted by molar-refractivity contribution is 8.16. The van der Waals surface area contributed by atoms with Crippen LogP contribution in [0.1, 0.15) is 40.0 Å². The molecule has 6 heteroatoms. The molecule has 1 amide bonds. The quantitative estimate of drug-likeness (QED) is 0.852. The minimum Gasteiger partial charge on any atom is -0.361 e. The van der Waals surface area contributed by atoms with Crippen LogP contribution in [0.4, 0.5) is 8.78 Å². The van der Waals surface area contributed by atoms with E-state index in [1.54, 1.807) is 0 Å². The zero-order valence-electron chi connectivity index (χ0n) is 12.0. The van der Waals surface area contributed by atoms with Crippen molar-refractivity contribution in [2.75, 3.05) is 0 Å². The lowest BCUT2D eigenvalue weighted by molar-refractivity contribution is -0.120. The average molecular weight is 302 g/mol. The van der Waals surface area contributed by atoms with E-state index in [4.69, 9.17) is 0 Å². The molecule has 3 aliphatic rings. The molecule has 2 saturated carbocycles. The highest BCUT2D eigenvalue weighted by Gasteiger charge is 2.57. The van der Waals surface area contributed by atoms with Crippen molar-refractivity contribution in [1.29, 1.82) is 0 Å². The van der Waals surface area contributed by atoms with Crippen LogP contribution in [0, 0.1) is 17.8 Å². The van der Waals surface area contributed by atoms with Crippen LogP contribution in [0.3, 0.4) is 0 Å². The molecule has 0 radical (unpaired) electrons. The third-order valence-corrected chi connectivity index (χ3v) is 6.65. The van der Waals surface area contributed by atoms with Crippen molar-refractivity contribution in [3.8, 4) is 0 Å². The Labute approximate surface area is 122 Å². The van der Waals surface area contributed by atoms with Crippen LogP contribution in [0.15, 0.2) is 4.99 Å². The lowest BCUT2D eigenvalue weighted by atomic mass is 9.92. The summed E-state index contributed by atoms with van der Waals surface area (Å²) in [6.07, 6.45) is 1.06. The highest BCUT2D eigenvalue weighted by Crippen LogP contribution is 2.54. The summed E-state index contributed by atoms with van der Waals surface area (Å²) in [6, 6.07) is 0.0492. The number of rotatable bonds is 2. The van der Waals surface area contributed by atoms with Gasteiger partial charge in [0.2, 0.25) is 0 Å². The van der Waals surface area contributed by atoms with E-state index in [0.29, 0.717) is 18.0 Å². The molecule has 0 aromatic rings. The molecule has 0 unspecified atom stereocenters.